The van der Waals surface area contributed by atoms with Gasteiger partial charge in [-0.1, -0.05) is 32.0 Å². The lowest BCUT2D eigenvalue weighted by atomic mass is 9.69. The second kappa shape index (κ2) is 5.94. The van der Waals surface area contributed by atoms with Crippen LogP contribution in [0.1, 0.15) is 52.3 Å². The first-order valence-corrected chi connectivity index (χ1v) is 9.94. The van der Waals surface area contributed by atoms with E-state index in [0.29, 0.717) is 30.0 Å². The van der Waals surface area contributed by atoms with E-state index in [-0.39, 0.29) is 17.4 Å². The molecule has 5 nitrogen and oxygen atoms in total. The number of aromatic nitrogens is 2. The molecule has 2 saturated carbocycles. The average Bonchev–Trinajstić information content (AvgIpc) is 3.31. The second-order valence-corrected chi connectivity index (χ2v) is 9.17. The Bertz CT molecular complexity index is 767. The number of carbonyl (C=O) groups excluding carboxylic acids is 1. The van der Waals surface area contributed by atoms with Crippen LogP contribution in [0.15, 0.2) is 22.0 Å². The number of hydrogen-bond donors (Lipinski definition) is 1. The maximum atomic E-state index is 12.4. The highest BCUT2D eigenvalue weighted by Crippen LogP contribution is 2.65. The van der Waals surface area contributed by atoms with Crippen molar-refractivity contribution in [2.75, 3.05) is 0 Å². The predicted octanol–water partition coefficient (Wildman–Crippen LogP) is 4.06. The zero-order valence-electron chi connectivity index (χ0n) is 15.0. The Morgan fingerprint density at radius 3 is 2.92 bits per heavy atom. The summed E-state index contributed by atoms with van der Waals surface area (Å²) in [5, 5.41) is 9.26. The molecule has 3 atom stereocenters. The molecule has 2 aromatic rings. The number of amides is 1. The zero-order valence-corrected chi connectivity index (χ0v) is 15.9. The average molecular weight is 359 g/mol. The van der Waals surface area contributed by atoms with Gasteiger partial charge < -0.3 is 9.84 Å². The summed E-state index contributed by atoms with van der Waals surface area (Å²) >= 11 is 1.58. The molecule has 1 amide bonds. The van der Waals surface area contributed by atoms with E-state index in [1.54, 1.807) is 11.3 Å². The highest BCUT2D eigenvalue weighted by Gasteiger charge is 2.61. The maximum Gasteiger partial charge on any atom is 0.227 e. The van der Waals surface area contributed by atoms with Crippen LogP contribution in [0.3, 0.4) is 0 Å². The van der Waals surface area contributed by atoms with Crippen molar-refractivity contribution in [2.24, 2.45) is 16.7 Å². The third-order valence-electron chi connectivity index (χ3n) is 6.90. The van der Waals surface area contributed by atoms with E-state index < -0.39 is 0 Å². The van der Waals surface area contributed by atoms with E-state index >= 15 is 0 Å². The Labute approximate surface area is 152 Å². The molecule has 3 unspecified atom stereocenters. The fraction of sp³-hybridized carbons (Fsp3) is 0.632. The minimum atomic E-state index is 0.0884. The van der Waals surface area contributed by atoms with Crippen molar-refractivity contribution < 1.29 is 9.32 Å². The molecule has 2 fully saturated rings. The number of fused-ring (bicyclic) bond motifs is 2. The van der Waals surface area contributed by atoms with E-state index in [1.807, 2.05) is 17.5 Å². The molecule has 2 aromatic heterocycles. The SMILES string of the molecule is CC1(C)C2CCC1(C)C(NC(=O)CCc1nc(-c3cccs3)no1)C2. The van der Waals surface area contributed by atoms with Gasteiger partial charge in [0.1, 0.15) is 0 Å². The molecule has 0 radical (unpaired) electrons. The first kappa shape index (κ1) is 16.8. The monoisotopic (exact) mass is 359 g/mol. The lowest BCUT2D eigenvalue weighted by Gasteiger charge is -2.39. The third-order valence-corrected chi connectivity index (χ3v) is 7.77. The fourth-order valence-corrected chi connectivity index (χ4v) is 5.42. The predicted molar refractivity (Wildman–Crippen MR) is 97.1 cm³/mol. The summed E-state index contributed by atoms with van der Waals surface area (Å²) in [6.07, 6.45) is 4.50. The highest BCUT2D eigenvalue weighted by atomic mass is 32.1. The molecule has 0 spiro atoms. The van der Waals surface area contributed by atoms with Gasteiger partial charge in [0.2, 0.25) is 17.6 Å². The molecular weight excluding hydrogens is 334 g/mol. The fourth-order valence-electron chi connectivity index (χ4n) is 4.77. The smallest absolute Gasteiger partial charge is 0.227 e. The molecule has 134 valence electrons. The topological polar surface area (TPSA) is 68.0 Å². The van der Waals surface area contributed by atoms with Gasteiger partial charge in [-0.05, 0) is 47.5 Å². The largest absolute Gasteiger partial charge is 0.353 e. The number of rotatable bonds is 5. The van der Waals surface area contributed by atoms with Gasteiger partial charge in [0.05, 0.1) is 4.88 Å². The Hall–Kier alpha value is -1.69. The second-order valence-electron chi connectivity index (χ2n) is 8.22. The molecule has 4 rings (SSSR count). The summed E-state index contributed by atoms with van der Waals surface area (Å²) < 4.78 is 5.28. The molecule has 6 heteroatoms. The zero-order chi connectivity index (χ0) is 17.7. The molecule has 0 aromatic carbocycles. The van der Waals surface area contributed by atoms with Gasteiger partial charge in [0.15, 0.2) is 0 Å². The number of aryl methyl sites for hydroxylation is 1. The van der Waals surface area contributed by atoms with Gasteiger partial charge in [-0.3, -0.25) is 4.79 Å². The first-order valence-electron chi connectivity index (χ1n) is 9.06. The van der Waals surface area contributed by atoms with Crippen molar-refractivity contribution in [3.8, 4) is 10.7 Å². The standard InChI is InChI=1S/C19H25N3O2S/c1-18(2)12-8-9-19(18,3)14(11-12)20-15(23)6-7-16-21-17(22-24-16)13-5-4-10-25-13/h4-5,10,12,14H,6-9,11H2,1-3H3,(H,20,23). The van der Waals surface area contributed by atoms with Gasteiger partial charge in [0.25, 0.3) is 0 Å². The number of hydrogen-bond acceptors (Lipinski definition) is 5. The van der Waals surface area contributed by atoms with E-state index in [2.05, 4.69) is 36.2 Å². The molecule has 2 aliphatic rings. The van der Waals surface area contributed by atoms with Gasteiger partial charge in [-0.15, -0.1) is 11.3 Å². The third kappa shape index (κ3) is 2.71. The van der Waals surface area contributed by atoms with Crippen LogP contribution in [-0.2, 0) is 11.2 Å². The van der Waals surface area contributed by atoms with Crippen LogP contribution in [0.25, 0.3) is 10.7 Å². The van der Waals surface area contributed by atoms with E-state index in [1.165, 1.54) is 12.8 Å². The van der Waals surface area contributed by atoms with Crippen molar-refractivity contribution >= 4 is 17.2 Å². The van der Waals surface area contributed by atoms with Crippen LogP contribution >= 0.6 is 11.3 Å². The van der Waals surface area contributed by atoms with Crippen LogP contribution in [0, 0.1) is 16.7 Å². The number of thiophene rings is 1. The van der Waals surface area contributed by atoms with Gasteiger partial charge in [-0.2, -0.15) is 4.98 Å². The van der Waals surface area contributed by atoms with Gasteiger partial charge >= 0.3 is 0 Å². The van der Waals surface area contributed by atoms with Crippen LogP contribution in [0.5, 0.6) is 0 Å². The maximum absolute atomic E-state index is 12.4. The summed E-state index contributed by atoms with van der Waals surface area (Å²) in [7, 11) is 0. The number of carbonyl (C=O) groups is 1. The Balaban J connectivity index is 1.33. The number of nitrogens with zero attached hydrogens (tertiary/aromatic N) is 2. The van der Waals surface area contributed by atoms with Crippen molar-refractivity contribution in [1.29, 1.82) is 0 Å². The van der Waals surface area contributed by atoms with E-state index in [4.69, 9.17) is 4.52 Å². The summed E-state index contributed by atoms with van der Waals surface area (Å²) in [6.45, 7) is 7.07. The highest BCUT2D eigenvalue weighted by molar-refractivity contribution is 7.13. The quantitative estimate of drug-likeness (QED) is 0.874. The molecule has 0 saturated heterocycles. The summed E-state index contributed by atoms with van der Waals surface area (Å²) in [5.41, 5.74) is 0.525. The summed E-state index contributed by atoms with van der Waals surface area (Å²) in [6, 6.07) is 4.21. The van der Waals surface area contributed by atoms with Crippen molar-refractivity contribution in [1.82, 2.24) is 15.5 Å². The normalized spacial score (nSPS) is 29.9. The van der Waals surface area contributed by atoms with Crippen molar-refractivity contribution in [3.63, 3.8) is 0 Å². The molecule has 25 heavy (non-hydrogen) atoms. The molecule has 0 aliphatic heterocycles. The summed E-state index contributed by atoms with van der Waals surface area (Å²) in [5.74, 6) is 1.95. The van der Waals surface area contributed by atoms with Crippen LogP contribution in [-0.4, -0.2) is 22.1 Å². The minimum absolute atomic E-state index is 0.0884. The first-order chi connectivity index (χ1) is 11.9. The molecular formula is C19H25N3O2S. The van der Waals surface area contributed by atoms with Gasteiger partial charge in [-0.25, -0.2) is 0 Å². The van der Waals surface area contributed by atoms with Crippen LogP contribution in [0.2, 0.25) is 0 Å². The lowest BCUT2D eigenvalue weighted by Crippen LogP contribution is -2.46. The van der Waals surface area contributed by atoms with Crippen molar-refractivity contribution in [3.05, 3.63) is 23.4 Å². The van der Waals surface area contributed by atoms with Crippen LogP contribution < -0.4 is 5.32 Å². The van der Waals surface area contributed by atoms with Gasteiger partial charge in [0, 0.05) is 18.9 Å². The lowest BCUT2D eigenvalue weighted by molar-refractivity contribution is -0.122. The molecule has 2 heterocycles. The summed E-state index contributed by atoms with van der Waals surface area (Å²) in [4.78, 5) is 17.8. The van der Waals surface area contributed by atoms with E-state index in [9.17, 15) is 4.79 Å². The Morgan fingerprint density at radius 2 is 2.28 bits per heavy atom. The van der Waals surface area contributed by atoms with Crippen molar-refractivity contribution in [2.45, 2.75) is 58.9 Å². The van der Waals surface area contributed by atoms with Crippen LogP contribution in [0.4, 0.5) is 0 Å². The Kier molecular flexibility index (Phi) is 3.98. The molecule has 2 aliphatic carbocycles. The Morgan fingerprint density at radius 1 is 1.44 bits per heavy atom. The molecule has 2 bridgehead atoms. The molecule has 1 N–H and O–H groups in total. The van der Waals surface area contributed by atoms with E-state index in [0.717, 1.165) is 17.2 Å². The number of nitrogens with one attached hydrogen (secondary N) is 1. The minimum Gasteiger partial charge on any atom is -0.353 e.